The quantitative estimate of drug-likeness (QED) is 0.905. The van der Waals surface area contributed by atoms with Gasteiger partial charge in [0.05, 0.1) is 17.3 Å². The SMILES string of the molecule is Cc1cccc2c(C(C)(C)NC(=O)CC3N(C)CCC3(F)F)nccc12. The molecule has 0 radical (unpaired) electrons. The van der Waals surface area contributed by atoms with E-state index < -0.39 is 17.5 Å². The van der Waals surface area contributed by atoms with Crippen LogP contribution >= 0.6 is 0 Å². The molecule has 4 nitrogen and oxygen atoms in total. The van der Waals surface area contributed by atoms with Crippen LogP contribution in [0.15, 0.2) is 30.5 Å². The smallest absolute Gasteiger partial charge is 0.265 e. The third kappa shape index (κ3) is 3.43. The van der Waals surface area contributed by atoms with E-state index in [1.165, 1.54) is 0 Å². The molecule has 1 unspecified atom stereocenters. The summed E-state index contributed by atoms with van der Waals surface area (Å²) in [6.45, 7) is 6.03. The van der Waals surface area contributed by atoms with Crippen LogP contribution in [0.5, 0.6) is 0 Å². The van der Waals surface area contributed by atoms with E-state index in [9.17, 15) is 13.6 Å². The molecule has 6 heteroatoms. The largest absolute Gasteiger partial charge is 0.346 e. The Labute approximate surface area is 152 Å². The second kappa shape index (κ2) is 6.58. The molecular formula is C20H25F2N3O. The van der Waals surface area contributed by atoms with E-state index in [1.54, 1.807) is 18.1 Å². The van der Waals surface area contributed by atoms with Gasteiger partial charge in [-0.15, -0.1) is 0 Å². The average molecular weight is 361 g/mol. The van der Waals surface area contributed by atoms with Crippen LogP contribution in [0, 0.1) is 6.92 Å². The molecule has 3 rings (SSSR count). The number of likely N-dealkylation sites (tertiary alicyclic amines) is 1. The first-order chi connectivity index (χ1) is 12.1. The number of hydrogen-bond donors (Lipinski definition) is 1. The number of alkyl halides is 2. The molecule has 1 fully saturated rings. The van der Waals surface area contributed by atoms with Gasteiger partial charge in [0.25, 0.3) is 5.92 Å². The van der Waals surface area contributed by atoms with Gasteiger partial charge in [-0.1, -0.05) is 18.2 Å². The molecule has 0 bridgehead atoms. The van der Waals surface area contributed by atoms with E-state index in [-0.39, 0.29) is 18.7 Å². The number of rotatable bonds is 4. The second-order valence-electron chi connectivity index (χ2n) is 7.71. The van der Waals surface area contributed by atoms with Crippen molar-refractivity contribution in [3.8, 4) is 0 Å². The summed E-state index contributed by atoms with van der Waals surface area (Å²) in [5.74, 6) is -3.22. The lowest BCUT2D eigenvalue weighted by atomic mass is 9.93. The Balaban J connectivity index is 1.83. The van der Waals surface area contributed by atoms with Gasteiger partial charge in [-0.05, 0) is 44.8 Å². The van der Waals surface area contributed by atoms with Gasteiger partial charge in [0.1, 0.15) is 0 Å². The van der Waals surface area contributed by atoms with Gasteiger partial charge in [-0.2, -0.15) is 0 Å². The van der Waals surface area contributed by atoms with E-state index in [0.29, 0.717) is 6.54 Å². The van der Waals surface area contributed by atoms with Crippen molar-refractivity contribution in [2.45, 2.75) is 51.1 Å². The minimum absolute atomic E-state index is 0.199. The van der Waals surface area contributed by atoms with Crippen molar-refractivity contribution < 1.29 is 13.6 Å². The molecule has 1 amide bonds. The van der Waals surface area contributed by atoms with Crippen LogP contribution in [-0.2, 0) is 10.3 Å². The Morgan fingerprint density at radius 2 is 2.08 bits per heavy atom. The summed E-state index contributed by atoms with van der Waals surface area (Å²) in [5.41, 5.74) is 1.09. The highest BCUT2D eigenvalue weighted by Crippen LogP contribution is 2.35. The first-order valence-corrected chi connectivity index (χ1v) is 8.86. The van der Waals surface area contributed by atoms with Crippen molar-refractivity contribution in [2.24, 2.45) is 0 Å². The number of carbonyl (C=O) groups excluding carboxylic acids is 1. The maximum atomic E-state index is 14.0. The van der Waals surface area contributed by atoms with Crippen molar-refractivity contribution >= 4 is 16.7 Å². The lowest BCUT2D eigenvalue weighted by Gasteiger charge is -2.30. The van der Waals surface area contributed by atoms with E-state index in [2.05, 4.69) is 10.3 Å². The highest BCUT2D eigenvalue weighted by molar-refractivity contribution is 5.88. The molecule has 1 aromatic heterocycles. The normalized spacial score (nSPS) is 20.5. The summed E-state index contributed by atoms with van der Waals surface area (Å²) in [6.07, 6.45) is 1.29. The van der Waals surface area contributed by atoms with E-state index >= 15 is 0 Å². The summed E-state index contributed by atoms with van der Waals surface area (Å²) in [6, 6.07) is 6.84. The van der Waals surface area contributed by atoms with Crippen molar-refractivity contribution in [3.05, 3.63) is 41.7 Å². The summed E-state index contributed by atoms with van der Waals surface area (Å²) in [4.78, 5) is 18.6. The molecule has 2 heterocycles. The van der Waals surface area contributed by atoms with Crippen LogP contribution in [-0.4, -0.2) is 41.3 Å². The molecule has 1 saturated heterocycles. The molecule has 0 spiro atoms. The number of halogens is 2. The zero-order chi connectivity index (χ0) is 19.1. The van der Waals surface area contributed by atoms with Gasteiger partial charge in [0, 0.05) is 31.0 Å². The first-order valence-electron chi connectivity index (χ1n) is 8.86. The van der Waals surface area contributed by atoms with Crippen molar-refractivity contribution in [2.75, 3.05) is 13.6 Å². The number of hydrogen-bond acceptors (Lipinski definition) is 3. The maximum absolute atomic E-state index is 14.0. The fourth-order valence-corrected chi connectivity index (χ4v) is 3.77. The number of aromatic nitrogens is 1. The fraction of sp³-hybridized carbons (Fsp3) is 0.500. The Bertz CT molecular complexity index is 835. The maximum Gasteiger partial charge on any atom is 0.265 e. The fourth-order valence-electron chi connectivity index (χ4n) is 3.77. The summed E-state index contributed by atoms with van der Waals surface area (Å²) in [7, 11) is 1.64. The number of aryl methyl sites for hydroxylation is 1. The number of nitrogens with one attached hydrogen (secondary N) is 1. The van der Waals surface area contributed by atoms with E-state index in [4.69, 9.17) is 0 Å². The Hall–Kier alpha value is -2.08. The third-order valence-corrected chi connectivity index (χ3v) is 5.26. The van der Waals surface area contributed by atoms with E-state index in [1.807, 2.05) is 45.0 Å². The van der Waals surface area contributed by atoms with Crippen LogP contribution < -0.4 is 5.32 Å². The van der Waals surface area contributed by atoms with Crippen LogP contribution in [0.4, 0.5) is 8.78 Å². The van der Waals surface area contributed by atoms with Crippen molar-refractivity contribution in [1.82, 2.24) is 15.2 Å². The summed E-state index contributed by atoms with van der Waals surface area (Å²) >= 11 is 0. The van der Waals surface area contributed by atoms with Crippen molar-refractivity contribution in [1.29, 1.82) is 0 Å². The minimum Gasteiger partial charge on any atom is -0.346 e. The average Bonchev–Trinajstić information content (AvgIpc) is 2.81. The Morgan fingerprint density at radius 1 is 1.35 bits per heavy atom. The Morgan fingerprint density at radius 3 is 2.73 bits per heavy atom. The topological polar surface area (TPSA) is 45.2 Å². The van der Waals surface area contributed by atoms with Crippen LogP contribution in [0.3, 0.4) is 0 Å². The van der Waals surface area contributed by atoms with Crippen molar-refractivity contribution in [3.63, 3.8) is 0 Å². The molecule has 0 saturated carbocycles. The van der Waals surface area contributed by atoms with Crippen LogP contribution in [0.25, 0.3) is 10.8 Å². The predicted octanol–water partition coefficient (Wildman–Crippen LogP) is 3.62. The van der Waals surface area contributed by atoms with Gasteiger partial charge in [0.15, 0.2) is 0 Å². The second-order valence-corrected chi connectivity index (χ2v) is 7.71. The molecule has 26 heavy (non-hydrogen) atoms. The summed E-state index contributed by atoms with van der Waals surface area (Å²) in [5, 5.41) is 4.94. The number of benzene rings is 1. The minimum atomic E-state index is -2.83. The van der Waals surface area contributed by atoms with Crippen LogP contribution in [0.2, 0.25) is 0 Å². The first kappa shape index (κ1) is 18.7. The third-order valence-electron chi connectivity index (χ3n) is 5.26. The molecule has 2 aromatic rings. The number of fused-ring (bicyclic) bond motifs is 1. The molecule has 1 N–H and O–H groups in total. The molecule has 1 atom stereocenters. The summed E-state index contributed by atoms with van der Waals surface area (Å²) < 4.78 is 28.0. The number of carbonyl (C=O) groups is 1. The lowest BCUT2D eigenvalue weighted by molar-refractivity contribution is -0.127. The predicted molar refractivity (Wildman–Crippen MR) is 98.2 cm³/mol. The number of amides is 1. The standard InChI is InChI=1S/C20H25F2N3O/c1-13-6-5-7-15-14(13)8-10-23-18(15)19(2,3)24-17(26)12-16-20(21,22)9-11-25(16)4/h5-8,10,16H,9,11-12H2,1-4H3,(H,24,26). The highest BCUT2D eigenvalue weighted by Gasteiger charge is 2.48. The highest BCUT2D eigenvalue weighted by atomic mass is 19.3. The Kier molecular flexibility index (Phi) is 4.73. The van der Waals surface area contributed by atoms with Gasteiger partial charge >= 0.3 is 0 Å². The molecule has 1 aromatic carbocycles. The zero-order valence-corrected chi connectivity index (χ0v) is 15.6. The van der Waals surface area contributed by atoms with Gasteiger partial charge in [-0.3, -0.25) is 14.7 Å². The zero-order valence-electron chi connectivity index (χ0n) is 15.6. The lowest BCUT2D eigenvalue weighted by Crippen LogP contribution is -2.46. The molecule has 1 aliphatic heterocycles. The van der Waals surface area contributed by atoms with Gasteiger partial charge < -0.3 is 5.32 Å². The number of pyridine rings is 1. The number of nitrogens with zero attached hydrogens (tertiary/aromatic N) is 2. The molecule has 140 valence electrons. The van der Waals surface area contributed by atoms with Gasteiger partial charge in [-0.25, -0.2) is 8.78 Å². The van der Waals surface area contributed by atoms with Gasteiger partial charge in [0.2, 0.25) is 5.91 Å². The molecule has 0 aliphatic carbocycles. The monoisotopic (exact) mass is 361 g/mol. The van der Waals surface area contributed by atoms with Crippen LogP contribution in [0.1, 0.15) is 37.9 Å². The van der Waals surface area contributed by atoms with E-state index in [0.717, 1.165) is 22.0 Å². The molecular weight excluding hydrogens is 336 g/mol. The molecule has 1 aliphatic rings.